The predicted octanol–water partition coefficient (Wildman–Crippen LogP) is 7.64. The Morgan fingerprint density at radius 1 is 1.07 bits per heavy atom. The Labute approximate surface area is 319 Å². The third kappa shape index (κ3) is 6.37. The Hall–Kier alpha value is -5.10. The van der Waals surface area contributed by atoms with Gasteiger partial charge in [-0.15, -0.1) is 0 Å². The molecular formula is C43H48FN7O4. The standard InChI is InChI=1S/C43H48FN7O4/c1-43-18-17-30-29-14-12-28(52)20-25(29)9-13-31(30)33(43)15-16-35(43)55-19-5-3-4-6-36(53)47-27-10-7-24(8-11-27)39-38(41-45-23-46-51(41)2)40-37-32(42(54)50-49-40)21-26(44)22-34(37)48-39/h7-8,10-12,14,20-23,30-31,33,35,38-39,48,52H,3-6,9,13,15-19H2,1-2H3,(H,47,53)(H,50,54)/t30-,31-,33+,35+,38-,39-,43+/m1/s1. The topological polar surface area (TPSA) is 147 Å². The summed E-state index contributed by atoms with van der Waals surface area (Å²) in [5.74, 6) is 2.03. The highest BCUT2D eigenvalue weighted by molar-refractivity contribution is 5.97. The Bertz CT molecular complexity index is 2310. The molecule has 1 amide bonds. The first-order chi connectivity index (χ1) is 26.7. The number of hydrogen-bond donors (Lipinski definition) is 4. The van der Waals surface area contributed by atoms with E-state index in [-0.39, 0.29) is 16.7 Å². The van der Waals surface area contributed by atoms with Gasteiger partial charge in [0.2, 0.25) is 5.91 Å². The molecule has 4 N–H and O–H groups in total. The number of aromatic nitrogens is 5. The van der Waals surface area contributed by atoms with E-state index in [9.17, 15) is 19.1 Å². The maximum Gasteiger partial charge on any atom is 0.272 e. The summed E-state index contributed by atoms with van der Waals surface area (Å²) in [5.41, 5.74) is 5.20. The number of aryl methyl sites for hydroxylation is 2. The van der Waals surface area contributed by atoms with E-state index in [1.54, 1.807) is 11.7 Å². The van der Waals surface area contributed by atoms with Crippen molar-refractivity contribution < 1.29 is 19.0 Å². The van der Waals surface area contributed by atoms with Crippen LogP contribution in [0, 0.1) is 23.1 Å². The van der Waals surface area contributed by atoms with E-state index in [2.05, 4.69) is 43.9 Å². The van der Waals surface area contributed by atoms with Crippen LogP contribution in [0.5, 0.6) is 5.75 Å². The number of unbranched alkanes of at least 4 members (excludes halogenated alkanes) is 2. The minimum Gasteiger partial charge on any atom is -0.508 e. The van der Waals surface area contributed by atoms with E-state index in [1.165, 1.54) is 55.3 Å². The third-order valence-electron chi connectivity index (χ3n) is 13.4. The largest absolute Gasteiger partial charge is 0.508 e. The van der Waals surface area contributed by atoms with Gasteiger partial charge in [-0.25, -0.2) is 14.5 Å². The molecule has 2 fully saturated rings. The second-order valence-corrected chi connectivity index (χ2v) is 16.4. The summed E-state index contributed by atoms with van der Waals surface area (Å²) in [6, 6.07) is 15.8. The summed E-state index contributed by atoms with van der Waals surface area (Å²) in [6.07, 6.45) is 11.9. The molecule has 11 nitrogen and oxygen atoms in total. The number of ether oxygens (including phenoxy) is 1. The van der Waals surface area contributed by atoms with E-state index < -0.39 is 23.3 Å². The minimum atomic E-state index is -0.520. The number of amides is 1. The van der Waals surface area contributed by atoms with E-state index >= 15 is 0 Å². The van der Waals surface area contributed by atoms with Gasteiger partial charge >= 0.3 is 0 Å². The number of carbonyl (C=O) groups excluding carboxylic acids is 1. The van der Waals surface area contributed by atoms with Crippen molar-refractivity contribution in [2.45, 2.75) is 95.1 Å². The van der Waals surface area contributed by atoms with Crippen LogP contribution in [-0.4, -0.2) is 48.7 Å². The van der Waals surface area contributed by atoms with Crippen LogP contribution in [0.15, 0.2) is 65.7 Å². The van der Waals surface area contributed by atoms with Crippen molar-refractivity contribution in [3.05, 3.63) is 105 Å². The summed E-state index contributed by atoms with van der Waals surface area (Å²) in [5, 5.41) is 28.5. The number of carbonyl (C=O) groups is 1. The van der Waals surface area contributed by atoms with Gasteiger partial charge in [0, 0.05) is 36.8 Å². The molecule has 9 rings (SSSR count). The number of anilines is 2. The van der Waals surface area contributed by atoms with Gasteiger partial charge in [0.15, 0.2) is 0 Å². The summed E-state index contributed by atoms with van der Waals surface area (Å²) in [7, 11) is 1.80. The van der Waals surface area contributed by atoms with Gasteiger partial charge in [0.25, 0.3) is 5.56 Å². The van der Waals surface area contributed by atoms with Crippen LogP contribution in [0.2, 0.25) is 0 Å². The second-order valence-electron chi connectivity index (χ2n) is 16.4. The quantitative estimate of drug-likeness (QED) is 0.107. The fourth-order valence-electron chi connectivity index (χ4n) is 10.8. The SMILES string of the molecule is Cn1ncnc1[C@H]1c2n[nH]c(=O)c3cc(F)cc(c23)N[C@@H]1c1ccc(NC(=O)CCCCCO[C@H]2CC[C@H]3[C@@H]4CCc5cc(O)ccc5[C@H]4CC[C@]23C)cc1. The van der Waals surface area contributed by atoms with Crippen LogP contribution in [0.3, 0.4) is 0 Å². The number of nitrogens with one attached hydrogen (secondary N) is 3. The van der Waals surface area contributed by atoms with Crippen LogP contribution in [0.4, 0.5) is 15.8 Å². The lowest BCUT2D eigenvalue weighted by atomic mass is 9.55. The second kappa shape index (κ2) is 14.2. The lowest BCUT2D eigenvalue weighted by molar-refractivity contribution is -0.116. The van der Waals surface area contributed by atoms with Gasteiger partial charge in [0.05, 0.1) is 29.1 Å². The van der Waals surface area contributed by atoms with Crippen molar-refractivity contribution in [1.29, 1.82) is 0 Å². The van der Waals surface area contributed by atoms with Crippen LogP contribution in [0.1, 0.15) is 111 Å². The van der Waals surface area contributed by atoms with Crippen molar-refractivity contribution in [1.82, 2.24) is 25.0 Å². The highest BCUT2D eigenvalue weighted by Crippen LogP contribution is 2.61. The van der Waals surface area contributed by atoms with Crippen molar-refractivity contribution in [2.75, 3.05) is 17.2 Å². The van der Waals surface area contributed by atoms with E-state index in [1.807, 2.05) is 36.4 Å². The average Bonchev–Trinajstić information content (AvgIpc) is 3.75. The van der Waals surface area contributed by atoms with Gasteiger partial charge in [-0.1, -0.05) is 31.5 Å². The summed E-state index contributed by atoms with van der Waals surface area (Å²) in [4.78, 5) is 30.1. The first kappa shape index (κ1) is 35.6. The highest BCUT2D eigenvalue weighted by atomic mass is 19.1. The average molecular weight is 746 g/mol. The summed E-state index contributed by atoms with van der Waals surface area (Å²) >= 11 is 0. The molecule has 1 aliphatic heterocycles. The molecule has 5 aromatic rings. The zero-order valence-electron chi connectivity index (χ0n) is 31.4. The maximum atomic E-state index is 14.6. The smallest absolute Gasteiger partial charge is 0.272 e. The molecule has 0 bridgehead atoms. The number of fused-ring (bicyclic) bond motifs is 5. The number of H-pyrrole nitrogens is 1. The summed E-state index contributed by atoms with van der Waals surface area (Å²) in [6.45, 7) is 3.20. The number of aromatic hydroxyl groups is 1. The summed E-state index contributed by atoms with van der Waals surface area (Å²) < 4.78 is 22.9. The molecule has 3 aliphatic carbocycles. The molecule has 2 aromatic heterocycles. The zero-order chi connectivity index (χ0) is 37.8. The van der Waals surface area contributed by atoms with Crippen molar-refractivity contribution >= 4 is 28.1 Å². The van der Waals surface area contributed by atoms with Gasteiger partial charge in [-0.05, 0) is 128 Å². The molecule has 0 unspecified atom stereocenters. The molecule has 286 valence electrons. The zero-order valence-corrected chi connectivity index (χ0v) is 31.4. The fourth-order valence-corrected chi connectivity index (χ4v) is 10.8. The first-order valence-corrected chi connectivity index (χ1v) is 19.8. The van der Waals surface area contributed by atoms with Crippen LogP contribution < -0.4 is 16.2 Å². The fraction of sp³-hybridized carbons (Fsp3) is 0.465. The lowest BCUT2D eigenvalue weighted by Gasteiger charge is -2.50. The van der Waals surface area contributed by atoms with E-state index in [0.29, 0.717) is 64.3 Å². The predicted molar refractivity (Wildman–Crippen MR) is 208 cm³/mol. The normalized spacial score (nSPS) is 26.5. The van der Waals surface area contributed by atoms with Crippen molar-refractivity contribution in [2.24, 2.45) is 24.3 Å². The van der Waals surface area contributed by atoms with Crippen molar-refractivity contribution in [3.63, 3.8) is 0 Å². The maximum absolute atomic E-state index is 14.6. The van der Waals surface area contributed by atoms with Crippen LogP contribution in [-0.2, 0) is 23.0 Å². The molecule has 0 spiro atoms. The number of hydrogen-bond acceptors (Lipinski definition) is 8. The molecule has 3 heterocycles. The molecule has 4 aliphatic rings. The molecule has 55 heavy (non-hydrogen) atoms. The monoisotopic (exact) mass is 745 g/mol. The molecule has 12 heteroatoms. The number of phenolic OH excluding ortho intramolecular Hbond substituents is 1. The van der Waals surface area contributed by atoms with E-state index in [4.69, 9.17) is 4.74 Å². The van der Waals surface area contributed by atoms with Crippen molar-refractivity contribution in [3.8, 4) is 5.75 Å². The van der Waals surface area contributed by atoms with Gasteiger partial charge in [-0.3, -0.25) is 14.3 Å². The lowest BCUT2D eigenvalue weighted by Crippen LogP contribution is -2.44. The number of benzene rings is 3. The molecular weight excluding hydrogens is 698 g/mol. The van der Waals surface area contributed by atoms with Gasteiger partial charge in [0.1, 0.15) is 23.7 Å². The highest BCUT2D eigenvalue weighted by Gasteiger charge is 2.55. The molecule has 7 atom stereocenters. The van der Waals surface area contributed by atoms with Crippen LogP contribution >= 0.6 is 0 Å². The van der Waals surface area contributed by atoms with Gasteiger partial charge in [-0.2, -0.15) is 10.2 Å². The third-order valence-corrected chi connectivity index (χ3v) is 13.4. The number of nitrogens with zero attached hydrogens (tertiary/aromatic N) is 4. The first-order valence-electron chi connectivity index (χ1n) is 19.8. The Balaban J connectivity index is 0.772. The van der Waals surface area contributed by atoms with E-state index in [0.717, 1.165) is 44.3 Å². The number of aromatic amines is 1. The Morgan fingerprint density at radius 2 is 1.93 bits per heavy atom. The molecule has 3 aromatic carbocycles. The molecule has 0 radical (unpaired) electrons. The Kier molecular flexibility index (Phi) is 9.19. The number of rotatable bonds is 10. The number of halogens is 1. The molecule has 2 saturated carbocycles. The number of phenols is 1. The molecule has 0 saturated heterocycles. The minimum absolute atomic E-state index is 0.0298. The Morgan fingerprint density at radius 3 is 2.75 bits per heavy atom. The van der Waals surface area contributed by atoms with Gasteiger partial charge < -0.3 is 20.5 Å². The van der Waals surface area contributed by atoms with Crippen LogP contribution in [0.25, 0.3) is 10.8 Å².